The number of carbonyl (C=O) groups is 1. The first-order valence-electron chi connectivity index (χ1n) is 13.5. The van der Waals surface area contributed by atoms with E-state index in [-0.39, 0.29) is 35.0 Å². The van der Waals surface area contributed by atoms with E-state index in [2.05, 4.69) is 0 Å². The fraction of sp³-hybridized carbons (Fsp3) is 0.536. The lowest BCUT2D eigenvalue weighted by Crippen LogP contribution is -2.64. The summed E-state index contributed by atoms with van der Waals surface area (Å²) in [4.78, 5) is 13.0. The molecule has 0 radical (unpaired) electrons. The fourth-order valence-corrected chi connectivity index (χ4v) is 5.29. The average Bonchev–Trinajstić information content (AvgIpc) is 2.97. The molecular weight excluding hydrogens is 576 g/mol. The minimum atomic E-state index is -1.76. The zero-order chi connectivity index (χ0) is 31.2. The van der Waals surface area contributed by atoms with Crippen molar-refractivity contribution in [2.24, 2.45) is 0 Å². The molecule has 2 fully saturated rings. The molecule has 236 valence electrons. The van der Waals surface area contributed by atoms with Crippen molar-refractivity contribution in [2.75, 3.05) is 13.7 Å². The normalized spacial score (nSPS) is 36.0. The quantitative estimate of drug-likeness (QED) is 0.185. The minimum Gasteiger partial charge on any atom is -0.507 e. The molecule has 3 aliphatic rings. The Labute approximate surface area is 245 Å². The maximum atomic E-state index is 13.0. The van der Waals surface area contributed by atoms with Gasteiger partial charge in [-0.3, -0.25) is 4.79 Å². The summed E-state index contributed by atoms with van der Waals surface area (Å²) < 4.78 is 33.7. The molecule has 3 heterocycles. The van der Waals surface area contributed by atoms with Crippen LogP contribution in [0.5, 0.6) is 28.7 Å². The molecule has 0 saturated carbocycles. The zero-order valence-electron chi connectivity index (χ0n) is 23.1. The van der Waals surface area contributed by atoms with Gasteiger partial charge in [0.2, 0.25) is 6.29 Å². The second-order valence-electron chi connectivity index (χ2n) is 10.6. The molecule has 0 bridgehead atoms. The maximum absolute atomic E-state index is 13.0. The summed E-state index contributed by atoms with van der Waals surface area (Å²) in [7, 11) is 1.39. The summed E-state index contributed by atoms with van der Waals surface area (Å²) in [5, 5.41) is 82.4. The maximum Gasteiger partial charge on any atom is 0.229 e. The lowest BCUT2D eigenvalue weighted by molar-refractivity contribution is -0.354. The molecule has 2 aromatic rings. The van der Waals surface area contributed by atoms with Crippen LogP contribution in [0.25, 0.3) is 0 Å². The van der Waals surface area contributed by atoms with Gasteiger partial charge in [-0.15, -0.1) is 0 Å². The van der Waals surface area contributed by atoms with E-state index in [0.717, 1.165) is 6.07 Å². The number of ether oxygens (including phenoxy) is 6. The topological polar surface area (TPSA) is 234 Å². The van der Waals surface area contributed by atoms with Gasteiger partial charge in [0.15, 0.2) is 29.7 Å². The number of methoxy groups -OCH3 is 1. The number of benzene rings is 2. The Morgan fingerprint density at radius 1 is 0.884 bits per heavy atom. The van der Waals surface area contributed by atoms with Gasteiger partial charge >= 0.3 is 0 Å². The molecule has 2 saturated heterocycles. The first kappa shape index (κ1) is 31.2. The number of phenolic OH excluding ortho intramolecular Hbond substituents is 2. The lowest BCUT2D eigenvalue weighted by Gasteiger charge is -2.45. The third-order valence-corrected chi connectivity index (χ3v) is 7.72. The van der Waals surface area contributed by atoms with Crippen molar-refractivity contribution in [1.29, 1.82) is 0 Å². The Kier molecular flexibility index (Phi) is 8.99. The van der Waals surface area contributed by atoms with Gasteiger partial charge in [-0.2, -0.15) is 0 Å². The Bertz CT molecular complexity index is 1320. The van der Waals surface area contributed by atoms with Crippen LogP contribution in [0.3, 0.4) is 0 Å². The van der Waals surface area contributed by atoms with Crippen LogP contribution in [0, 0.1) is 0 Å². The van der Waals surface area contributed by atoms with E-state index < -0.39 is 85.7 Å². The van der Waals surface area contributed by atoms with E-state index in [9.17, 15) is 45.6 Å². The largest absolute Gasteiger partial charge is 0.507 e. The van der Waals surface area contributed by atoms with E-state index in [4.69, 9.17) is 28.4 Å². The second-order valence-corrected chi connectivity index (χ2v) is 10.6. The summed E-state index contributed by atoms with van der Waals surface area (Å²) in [6, 6.07) is 6.89. The number of phenols is 2. The summed E-state index contributed by atoms with van der Waals surface area (Å²) >= 11 is 0. The molecule has 3 aliphatic heterocycles. The number of aliphatic hydroxyl groups excluding tert-OH is 6. The van der Waals surface area contributed by atoms with E-state index in [0.29, 0.717) is 5.56 Å². The predicted molar refractivity (Wildman–Crippen MR) is 141 cm³/mol. The monoisotopic (exact) mass is 610 g/mol. The van der Waals surface area contributed by atoms with Crippen molar-refractivity contribution in [3.63, 3.8) is 0 Å². The highest BCUT2D eigenvalue weighted by molar-refractivity contribution is 6.02. The number of aliphatic hydroxyl groups is 6. The van der Waals surface area contributed by atoms with Crippen molar-refractivity contribution in [3.05, 3.63) is 41.5 Å². The fourth-order valence-electron chi connectivity index (χ4n) is 5.29. The van der Waals surface area contributed by atoms with E-state index in [1.165, 1.54) is 32.2 Å². The van der Waals surface area contributed by atoms with Gasteiger partial charge in [0.05, 0.1) is 26.2 Å². The van der Waals surface area contributed by atoms with E-state index in [1.807, 2.05) is 0 Å². The summed E-state index contributed by atoms with van der Waals surface area (Å²) in [5.74, 6) is -1.06. The molecule has 5 rings (SSSR count). The van der Waals surface area contributed by atoms with E-state index >= 15 is 0 Å². The summed E-state index contributed by atoms with van der Waals surface area (Å²) in [6.45, 7) is 0.699. The molecule has 0 amide bonds. The highest BCUT2D eigenvalue weighted by atomic mass is 16.8. The number of Topliss-reactive ketones (excluding diaryl/α,β-unsaturated/α-hetero) is 1. The Morgan fingerprint density at radius 3 is 2.30 bits per heavy atom. The molecule has 15 nitrogen and oxygen atoms in total. The standard InChI is InChI=1S/C28H34O15/c1-10-21(33)23(35)25(37)27(39-10)43-26-24(36)22(34)19(9-29)42-28(26)40-12-6-14(31)20-15(32)8-17(41-18(20)7-12)11-3-4-16(38-2)13(30)5-11/h3-7,10,17,19,21-31,33-37H,8-9H2,1-2H3/t10-,17+,19-,21+,22+,23-,24+,25-,26+,27+,28-/m1/s1. The van der Waals surface area contributed by atoms with Gasteiger partial charge in [-0.1, -0.05) is 6.07 Å². The molecule has 11 atom stereocenters. The van der Waals surface area contributed by atoms with Crippen molar-refractivity contribution in [1.82, 2.24) is 0 Å². The minimum absolute atomic E-state index is 0.0592. The highest BCUT2D eigenvalue weighted by Crippen LogP contribution is 2.43. The summed E-state index contributed by atoms with van der Waals surface area (Å²) in [6.07, 6.45) is -16.3. The number of hydrogen-bond acceptors (Lipinski definition) is 15. The van der Waals surface area contributed by atoms with Gasteiger partial charge in [0.25, 0.3) is 0 Å². The highest BCUT2D eigenvalue weighted by Gasteiger charge is 2.51. The number of rotatable bonds is 7. The van der Waals surface area contributed by atoms with Gasteiger partial charge in [-0.25, -0.2) is 0 Å². The SMILES string of the molecule is COc1ccc([C@@H]2CC(=O)c3c(O)cc(O[C@@H]4O[C@H](CO)[C@H](O)[C@H](O)[C@@H]4O[C@@H]4O[C@H](C)[C@H](O)[C@@H](O)[C@H]4O)cc3O2)cc1O. The number of ketones is 1. The van der Waals surface area contributed by atoms with Gasteiger partial charge < -0.3 is 69.3 Å². The van der Waals surface area contributed by atoms with Crippen LogP contribution in [0.15, 0.2) is 30.3 Å². The second kappa shape index (κ2) is 12.4. The molecule has 0 aliphatic carbocycles. The Balaban J connectivity index is 1.41. The number of fused-ring (bicyclic) bond motifs is 1. The van der Waals surface area contributed by atoms with Crippen LogP contribution in [0.2, 0.25) is 0 Å². The third-order valence-electron chi connectivity index (χ3n) is 7.72. The third kappa shape index (κ3) is 5.95. The van der Waals surface area contributed by atoms with Gasteiger partial charge in [-0.05, 0) is 24.6 Å². The van der Waals surface area contributed by atoms with Crippen LogP contribution < -0.4 is 14.2 Å². The molecule has 8 N–H and O–H groups in total. The Hall–Kier alpha value is -3.25. The average molecular weight is 611 g/mol. The molecule has 0 aromatic heterocycles. The van der Waals surface area contributed by atoms with Gasteiger partial charge in [0, 0.05) is 12.1 Å². The number of hydrogen-bond donors (Lipinski definition) is 8. The Morgan fingerprint density at radius 2 is 1.63 bits per heavy atom. The molecule has 0 spiro atoms. The van der Waals surface area contributed by atoms with E-state index in [1.54, 1.807) is 6.07 Å². The molecule has 15 heteroatoms. The van der Waals surface area contributed by atoms with Crippen LogP contribution in [-0.4, -0.2) is 122 Å². The van der Waals surface area contributed by atoms with Crippen LogP contribution in [0.1, 0.15) is 35.4 Å². The number of aromatic hydroxyl groups is 2. The van der Waals surface area contributed by atoms with Crippen LogP contribution in [0.4, 0.5) is 0 Å². The first-order valence-corrected chi connectivity index (χ1v) is 13.5. The van der Waals surface area contributed by atoms with Crippen LogP contribution in [-0.2, 0) is 14.2 Å². The molecule has 43 heavy (non-hydrogen) atoms. The van der Waals surface area contributed by atoms with Crippen molar-refractivity contribution in [2.45, 2.75) is 80.9 Å². The van der Waals surface area contributed by atoms with Crippen molar-refractivity contribution in [3.8, 4) is 28.7 Å². The zero-order valence-corrected chi connectivity index (χ0v) is 23.1. The predicted octanol–water partition coefficient (Wildman–Crippen LogP) is -1.16. The molecule has 0 unspecified atom stereocenters. The number of carbonyl (C=O) groups excluding carboxylic acids is 1. The van der Waals surface area contributed by atoms with Crippen LogP contribution >= 0.6 is 0 Å². The summed E-state index contributed by atoms with van der Waals surface area (Å²) in [5.41, 5.74) is 0.352. The van der Waals surface area contributed by atoms with Gasteiger partial charge in [0.1, 0.15) is 65.5 Å². The molecular formula is C28H34O15. The smallest absolute Gasteiger partial charge is 0.229 e. The van der Waals surface area contributed by atoms with Crippen molar-refractivity contribution >= 4 is 5.78 Å². The molecule has 2 aromatic carbocycles. The lowest BCUT2D eigenvalue weighted by atomic mass is 9.95. The first-order chi connectivity index (χ1) is 20.4. The van der Waals surface area contributed by atoms with Crippen molar-refractivity contribution < 1.29 is 74.1 Å².